The molecule has 3 nitrogen and oxygen atoms in total. The first-order valence-electron chi connectivity index (χ1n) is 6.59. The smallest absolute Gasteiger partial charge is 0.217 e. The largest absolute Gasteiger partial charge is 0.354 e. The summed E-state index contributed by atoms with van der Waals surface area (Å²) in [7, 11) is 0. The summed E-state index contributed by atoms with van der Waals surface area (Å²) in [6.07, 6.45) is 1.60. The molecule has 1 heterocycles. The van der Waals surface area contributed by atoms with E-state index in [0.717, 1.165) is 25.9 Å². The van der Waals surface area contributed by atoms with Crippen molar-refractivity contribution in [3.8, 4) is 0 Å². The third kappa shape index (κ3) is 3.76. The van der Waals surface area contributed by atoms with Gasteiger partial charge in [0.05, 0.1) is 4.47 Å². The van der Waals surface area contributed by atoms with Gasteiger partial charge in [0.1, 0.15) is 11.6 Å². The summed E-state index contributed by atoms with van der Waals surface area (Å²) < 4.78 is 27.9. The second-order valence-corrected chi connectivity index (χ2v) is 5.93. The fourth-order valence-electron chi connectivity index (χ4n) is 2.46. The normalized spacial score (nSPS) is 17.2. The van der Waals surface area contributed by atoms with Gasteiger partial charge in [-0.25, -0.2) is 8.78 Å². The highest BCUT2D eigenvalue weighted by atomic mass is 79.9. The van der Waals surface area contributed by atoms with Gasteiger partial charge in [-0.05, 0) is 40.9 Å². The lowest BCUT2D eigenvalue weighted by Crippen LogP contribution is -2.43. The lowest BCUT2D eigenvalue weighted by atomic mass is 10.0. The molecule has 110 valence electrons. The predicted molar refractivity (Wildman–Crippen MR) is 76.2 cm³/mol. The summed E-state index contributed by atoms with van der Waals surface area (Å²) in [5, 5.41) is 2.88. The number of piperidine rings is 1. The van der Waals surface area contributed by atoms with Crippen molar-refractivity contribution >= 4 is 21.8 Å². The Morgan fingerprint density at radius 1 is 1.40 bits per heavy atom. The molecule has 1 fully saturated rings. The molecule has 0 unspecified atom stereocenters. The number of hydrogen-bond donors (Lipinski definition) is 1. The van der Waals surface area contributed by atoms with E-state index in [9.17, 15) is 13.6 Å². The van der Waals surface area contributed by atoms with Gasteiger partial charge in [0.15, 0.2) is 0 Å². The number of rotatable bonds is 3. The van der Waals surface area contributed by atoms with Crippen molar-refractivity contribution < 1.29 is 13.6 Å². The van der Waals surface area contributed by atoms with Crippen LogP contribution in [0, 0.1) is 11.6 Å². The molecule has 1 aliphatic rings. The topological polar surface area (TPSA) is 32.3 Å². The van der Waals surface area contributed by atoms with Crippen LogP contribution in [0.15, 0.2) is 16.6 Å². The predicted octanol–water partition coefficient (Wildman–Crippen LogP) is 2.83. The van der Waals surface area contributed by atoms with Crippen molar-refractivity contribution in [2.24, 2.45) is 0 Å². The van der Waals surface area contributed by atoms with Crippen LogP contribution >= 0.6 is 15.9 Å². The van der Waals surface area contributed by atoms with Crippen LogP contribution in [0.1, 0.15) is 25.3 Å². The highest BCUT2D eigenvalue weighted by molar-refractivity contribution is 9.10. The molecule has 2 rings (SSSR count). The molecule has 0 aliphatic carbocycles. The monoisotopic (exact) mass is 346 g/mol. The maximum atomic E-state index is 13.9. The summed E-state index contributed by atoms with van der Waals surface area (Å²) in [6.45, 7) is 3.19. The molecule has 0 atom stereocenters. The van der Waals surface area contributed by atoms with Crippen LogP contribution in [0.4, 0.5) is 8.78 Å². The van der Waals surface area contributed by atoms with E-state index in [0.29, 0.717) is 0 Å². The SMILES string of the molecule is CC(=O)NC1CCN(Cc2c(F)ccc(Br)c2F)CC1. The molecule has 0 saturated carbocycles. The quantitative estimate of drug-likeness (QED) is 0.853. The highest BCUT2D eigenvalue weighted by Crippen LogP contribution is 2.24. The van der Waals surface area contributed by atoms with Crippen LogP contribution in [0.3, 0.4) is 0 Å². The van der Waals surface area contributed by atoms with Gasteiger partial charge >= 0.3 is 0 Å². The Hall–Kier alpha value is -1.01. The van der Waals surface area contributed by atoms with E-state index in [-0.39, 0.29) is 28.5 Å². The molecule has 0 spiro atoms. The highest BCUT2D eigenvalue weighted by Gasteiger charge is 2.22. The zero-order chi connectivity index (χ0) is 14.7. The van der Waals surface area contributed by atoms with Crippen molar-refractivity contribution in [3.05, 3.63) is 33.8 Å². The lowest BCUT2D eigenvalue weighted by molar-refractivity contribution is -0.119. The van der Waals surface area contributed by atoms with Gasteiger partial charge in [-0.1, -0.05) is 0 Å². The number of nitrogens with zero attached hydrogens (tertiary/aromatic N) is 1. The molecule has 1 saturated heterocycles. The van der Waals surface area contributed by atoms with E-state index in [2.05, 4.69) is 21.2 Å². The van der Waals surface area contributed by atoms with E-state index in [1.165, 1.54) is 19.1 Å². The van der Waals surface area contributed by atoms with Crippen molar-refractivity contribution in [3.63, 3.8) is 0 Å². The zero-order valence-corrected chi connectivity index (χ0v) is 12.8. The Kier molecular flexibility index (Phi) is 5.10. The molecule has 1 N–H and O–H groups in total. The molecule has 1 amide bonds. The molecule has 1 aromatic rings. The van der Waals surface area contributed by atoms with Crippen LogP contribution in [-0.2, 0) is 11.3 Å². The lowest BCUT2D eigenvalue weighted by Gasteiger charge is -2.32. The van der Waals surface area contributed by atoms with E-state index in [1.807, 2.05) is 4.90 Å². The van der Waals surface area contributed by atoms with Gasteiger partial charge < -0.3 is 5.32 Å². The van der Waals surface area contributed by atoms with Crippen LogP contribution in [0.2, 0.25) is 0 Å². The van der Waals surface area contributed by atoms with Gasteiger partial charge in [0.2, 0.25) is 5.91 Å². The Labute approximate surface area is 125 Å². The maximum absolute atomic E-state index is 13.9. The first kappa shape index (κ1) is 15.4. The number of amides is 1. The van der Waals surface area contributed by atoms with E-state index in [1.54, 1.807) is 0 Å². The number of carbonyl (C=O) groups excluding carboxylic acids is 1. The van der Waals surface area contributed by atoms with Gasteiger partial charge in [0, 0.05) is 38.2 Å². The van der Waals surface area contributed by atoms with Crippen molar-refractivity contribution in [2.45, 2.75) is 32.4 Å². The molecular weight excluding hydrogens is 330 g/mol. The summed E-state index contributed by atoms with van der Waals surface area (Å²) >= 11 is 3.07. The number of halogens is 3. The fourth-order valence-corrected chi connectivity index (χ4v) is 2.83. The summed E-state index contributed by atoms with van der Waals surface area (Å²) in [5.41, 5.74) is 0.0948. The average Bonchev–Trinajstić information content (AvgIpc) is 2.40. The Bertz CT molecular complexity index is 502. The second kappa shape index (κ2) is 6.63. The zero-order valence-electron chi connectivity index (χ0n) is 11.3. The second-order valence-electron chi connectivity index (χ2n) is 5.07. The van der Waals surface area contributed by atoms with E-state index in [4.69, 9.17) is 0 Å². The molecule has 6 heteroatoms. The first-order chi connectivity index (χ1) is 9.47. The molecule has 0 radical (unpaired) electrons. The summed E-state index contributed by atoms with van der Waals surface area (Å²) in [4.78, 5) is 13.0. The first-order valence-corrected chi connectivity index (χ1v) is 7.38. The Morgan fingerprint density at radius 2 is 2.05 bits per heavy atom. The minimum Gasteiger partial charge on any atom is -0.354 e. The van der Waals surface area contributed by atoms with Gasteiger partial charge in [-0.3, -0.25) is 9.69 Å². The van der Waals surface area contributed by atoms with Crippen LogP contribution < -0.4 is 5.32 Å². The minimum atomic E-state index is -0.533. The third-order valence-electron chi connectivity index (χ3n) is 3.52. The van der Waals surface area contributed by atoms with Gasteiger partial charge in [-0.15, -0.1) is 0 Å². The summed E-state index contributed by atoms with van der Waals surface area (Å²) in [6, 6.07) is 2.81. The van der Waals surface area contributed by atoms with E-state index >= 15 is 0 Å². The number of likely N-dealkylation sites (tertiary alicyclic amines) is 1. The molecule has 0 aromatic heterocycles. The van der Waals surface area contributed by atoms with Gasteiger partial charge in [0.25, 0.3) is 0 Å². The Balaban J connectivity index is 1.96. The van der Waals surface area contributed by atoms with E-state index < -0.39 is 11.6 Å². The van der Waals surface area contributed by atoms with Crippen molar-refractivity contribution in [2.75, 3.05) is 13.1 Å². The third-order valence-corrected chi connectivity index (χ3v) is 4.13. The fraction of sp³-hybridized carbons (Fsp3) is 0.500. The molecule has 20 heavy (non-hydrogen) atoms. The number of benzene rings is 1. The molecule has 1 aliphatic heterocycles. The van der Waals surface area contributed by atoms with Crippen LogP contribution in [0.25, 0.3) is 0 Å². The van der Waals surface area contributed by atoms with Crippen LogP contribution in [-0.4, -0.2) is 29.9 Å². The number of carbonyl (C=O) groups is 1. The maximum Gasteiger partial charge on any atom is 0.217 e. The van der Waals surface area contributed by atoms with Crippen molar-refractivity contribution in [1.82, 2.24) is 10.2 Å². The molecular formula is C14H17BrF2N2O. The molecule has 0 bridgehead atoms. The van der Waals surface area contributed by atoms with Gasteiger partial charge in [-0.2, -0.15) is 0 Å². The molecule has 1 aromatic carbocycles. The average molecular weight is 347 g/mol. The summed E-state index contributed by atoms with van der Waals surface area (Å²) in [5.74, 6) is -1.09. The standard InChI is InChI=1S/C14H17BrF2N2O/c1-9(20)18-10-4-6-19(7-5-10)8-11-13(16)3-2-12(15)14(11)17/h2-3,10H,4-8H2,1H3,(H,18,20). The number of hydrogen-bond acceptors (Lipinski definition) is 2. The van der Waals surface area contributed by atoms with Crippen LogP contribution in [0.5, 0.6) is 0 Å². The van der Waals surface area contributed by atoms with Crippen molar-refractivity contribution in [1.29, 1.82) is 0 Å². The Morgan fingerprint density at radius 3 is 2.65 bits per heavy atom. The minimum absolute atomic E-state index is 0.0347. The number of nitrogens with one attached hydrogen (secondary N) is 1.